The van der Waals surface area contributed by atoms with Crippen LogP contribution >= 0.6 is 11.3 Å². The lowest BCUT2D eigenvalue weighted by molar-refractivity contribution is 0.0140. The Morgan fingerprint density at radius 2 is 2.00 bits per heavy atom. The number of amides is 1. The Labute approximate surface area is 132 Å². The van der Waals surface area contributed by atoms with Gasteiger partial charge in [0.25, 0.3) is 5.91 Å². The highest BCUT2D eigenvalue weighted by Gasteiger charge is 2.27. The third kappa shape index (κ3) is 2.24. The van der Waals surface area contributed by atoms with E-state index in [2.05, 4.69) is 5.32 Å². The predicted octanol–water partition coefficient (Wildman–Crippen LogP) is 3.50. The van der Waals surface area contributed by atoms with Crippen molar-refractivity contribution in [3.05, 3.63) is 76.9 Å². The first-order valence-corrected chi connectivity index (χ1v) is 7.92. The second-order valence-electron chi connectivity index (χ2n) is 5.09. The lowest BCUT2D eigenvalue weighted by atomic mass is 10.2. The molecular weight excluding hydrogens is 296 g/mol. The lowest BCUT2D eigenvalue weighted by Gasteiger charge is -2.18. The lowest BCUT2D eigenvalue weighted by Crippen LogP contribution is -2.29. The summed E-state index contributed by atoms with van der Waals surface area (Å²) in [6.45, 7) is 0.449. The van der Waals surface area contributed by atoms with Gasteiger partial charge in [0, 0.05) is 6.20 Å². The fourth-order valence-electron chi connectivity index (χ4n) is 2.60. The van der Waals surface area contributed by atoms with E-state index in [1.807, 2.05) is 64.7 Å². The Kier molecular flexibility index (Phi) is 3.29. The zero-order valence-electron chi connectivity index (χ0n) is 11.7. The summed E-state index contributed by atoms with van der Waals surface area (Å²) in [7, 11) is 0. The van der Waals surface area contributed by atoms with E-state index in [4.69, 9.17) is 4.74 Å². The van der Waals surface area contributed by atoms with Crippen molar-refractivity contribution in [1.29, 1.82) is 0 Å². The number of nitrogens with one attached hydrogen (secondary N) is 1. The molecule has 0 saturated carbocycles. The third-order valence-electron chi connectivity index (χ3n) is 3.68. The van der Waals surface area contributed by atoms with Crippen molar-refractivity contribution in [2.24, 2.45) is 0 Å². The van der Waals surface area contributed by atoms with Crippen molar-refractivity contribution < 1.29 is 9.53 Å². The average molecular weight is 310 g/mol. The summed E-state index contributed by atoms with van der Waals surface area (Å²) in [4.78, 5) is 12.4. The Morgan fingerprint density at radius 1 is 1.14 bits per heavy atom. The smallest absolute Gasteiger partial charge is 0.256 e. The summed E-state index contributed by atoms with van der Waals surface area (Å²) in [6.07, 6.45) is 1.51. The first-order chi connectivity index (χ1) is 10.8. The maximum atomic E-state index is 12.4. The van der Waals surface area contributed by atoms with Crippen molar-refractivity contribution in [2.75, 3.05) is 0 Å². The quantitative estimate of drug-likeness (QED) is 0.804. The summed E-state index contributed by atoms with van der Waals surface area (Å²) in [5.74, 6) is -0.0991. The highest BCUT2D eigenvalue weighted by molar-refractivity contribution is 7.13. The van der Waals surface area contributed by atoms with Crippen LogP contribution in [0.4, 0.5) is 0 Å². The predicted molar refractivity (Wildman–Crippen MR) is 85.1 cm³/mol. The van der Waals surface area contributed by atoms with Gasteiger partial charge in [-0.05, 0) is 29.1 Å². The second kappa shape index (κ2) is 5.44. The largest absolute Gasteiger partial charge is 0.348 e. The minimum atomic E-state index is -0.456. The number of benzene rings is 1. The van der Waals surface area contributed by atoms with Crippen molar-refractivity contribution in [2.45, 2.75) is 12.8 Å². The molecule has 0 bridgehead atoms. The molecule has 3 aromatic rings. The van der Waals surface area contributed by atoms with Gasteiger partial charge >= 0.3 is 0 Å². The van der Waals surface area contributed by atoms with Crippen molar-refractivity contribution in [3.8, 4) is 5.00 Å². The first-order valence-electron chi connectivity index (χ1n) is 7.04. The van der Waals surface area contributed by atoms with E-state index in [0.717, 1.165) is 16.3 Å². The molecular formula is C17H14N2O2S. The second-order valence-corrected chi connectivity index (χ2v) is 5.99. The third-order valence-corrected chi connectivity index (χ3v) is 4.59. The number of hydrogen-bond donors (Lipinski definition) is 1. The van der Waals surface area contributed by atoms with Gasteiger partial charge < -0.3 is 14.6 Å². The van der Waals surface area contributed by atoms with Gasteiger partial charge in [0.1, 0.15) is 5.00 Å². The van der Waals surface area contributed by atoms with E-state index in [1.54, 1.807) is 11.3 Å². The fourth-order valence-corrected chi connectivity index (χ4v) is 3.51. The molecule has 1 amide bonds. The molecule has 110 valence electrons. The van der Waals surface area contributed by atoms with Crippen molar-refractivity contribution >= 4 is 17.2 Å². The first kappa shape index (κ1) is 13.3. The zero-order chi connectivity index (χ0) is 14.9. The van der Waals surface area contributed by atoms with E-state index in [9.17, 15) is 4.79 Å². The molecule has 0 radical (unpaired) electrons. The number of nitrogens with zero attached hydrogens (tertiary/aromatic N) is 1. The molecule has 1 atom stereocenters. The van der Waals surface area contributed by atoms with Gasteiger partial charge in [0.05, 0.1) is 17.9 Å². The van der Waals surface area contributed by atoms with Gasteiger partial charge in [-0.15, -0.1) is 11.3 Å². The fraction of sp³-hybridized carbons (Fsp3) is 0.118. The van der Waals surface area contributed by atoms with E-state index >= 15 is 0 Å². The SMILES string of the molecule is O=C1NC(OCc2ccccc2)c2cccn2-c2sccc21. The number of hydrogen-bond acceptors (Lipinski definition) is 3. The van der Waals surface area contributed by atoms with Crippen LogP contribution in [-0.4, -0.2) is 10.5 Å². The molecule has 2 aromatic heterocycles. The molecule has 22 heavy (non-hydrogen) atoms. The van der Waals surface area contributed by atoms with Gasteiger partial charge in [-0.2, -0.15) is 0 Å². The normalized spacial score (nSPS) is 16.5. The number of fused-ring (bicyclic) bond motifs is 3. The summed E-state index contributed by atoms with van der Waals surface area (Å²) < 4.78 is 7.98. The Bertz CT molecular complexity index is 807. The van der Waals surface area contributed by atoms with Crippen LogP contribution in [-0.2, 0) is 11.3 Å². The highest BCUT2D eigenvalue weighted by Crippen LogP contribution is 2.30. The van der Waals surface area contributed by atoms with Crippen LogP contribution in [0.15, 0.2) is 60.1 Å². The Hall–Kier alpha value is -2.37. The molecule has 0 spiro atoms. The minimum absolute atomic E-state index is 0.0991. The molecule has 0 aliphatic carbocycles. The topological polar surface area (TPSA) is 43.3 Å². The standard InChI is InChI=1S/C17H14N2O2S/c20-15-13-8-10-22-17(13)19-9-4-7-14(19)16(18-15)21-11-12-5-2-1-3-6-12/h1-10,16H,11H2,(H,18,20). The number of aromatic nitrogens is 1. The van der Waals surface area contributed by atoms with Crippen LogP contribution in [0.25, 0.3) is 5.00 Å². The molecule has 0 saturated heterocycles. The number of thiophene rings is 1. The minimum Gasteiger partial charge on any atom is -0.348 e. The molecule has 5 heteroatoms. The summed E-state index contributed by atoms with van der Waals surface area (Å²) in [5, 5.41) is 5.82. The van der Waals surface area contributed by atoms with Crippen molar-refractivity contribution in [3.63, 3.8) is 0 Å². The van der Waals surface area contributed by atoms with Crippen LogP contribution in [0.3, 0.4) is 0 Å². The van der Waals surface area contributed by atoms with Gasteiger partial charge in [-0.1, -0.05) is 30.3 Å². The van der Waals surface area contributed by atoms with E-state index < -0.39 is 6.23 Å². The molecule has 4 rings (SSSR count). The monoisotopic (exact) mass is 310 g/mol. The molecule has 3 heterocycles. The summed E-state index contributed by atoms with van der Waals surface area (Å²) in [5.41, 5.74) is 2.70. The Morgan fingerprint density at radius 3 is 2.86 bits per heavy atom. The summed E-state index contributed by atoms with van der Waals surface area (Å²) >= 11 is 1.55. The van der Waals surface area contributed by atoms with E-state index in [1.165, 1.54) is 0 Å². The number of carbonyl (C=O) groups excluding carboxylic acids is 1. The Balaban J connectivity index is 1.64. The molecule has 1 aromatic carbocycles. The van der Waals surface area contributed by atoms with E-state index in [0.29, 0.717) is 12.2 Å². The molecule has 1 unspecified atom stereocenters. The van der Waals surface area contributed by atoms with Crippen LogP contribution in [0.2, 0.25) is 0 Å². The number of ether oxygens (including phenoxy) is 1. The maximum Gasteiger partial charge on any atom is 0.256 e. The maximum absolute atomic E-state index is 12.4. The van der Waals surface area contributed by atoms with Crippen molar-refractivity contribution in [1.82, 2.24) is 9.88 Å². The molecule has 1 aliphatic heterocycles. The molecule has 1 aliphatic rings. The zero-order valence-corrected chi connectivity index (χ0v) is 12.5. The van der Waals surface area contributed by atoms with E-state index in [-0.39, 0.29) is 5.91 Å². The highest BCUT2D eigenvalue weighted by atomic mass is 32.1. The summed E-state index contributed by atoms with van der Waals surface area (Å²) in [6, 6.07) is 15.7. The number of rotatable bonds is 3. The van der Waals surface area contributed by atoms with Crippen LogP contribution in [0, 0.1) is 0 Å². The molecule has 1 N–H and O–H groups in total. The molecule has 0 fully saturated rings. The van der Waals surface area contributed by atoms with Gasteiger partial charge in [-0.25, -0.2) is 0 Å². The molecule has 4 nitrogen and oxygen atoms in total. The van der Waals surface area contributed by atoms with Gasteiger partial charge in [-0.3, -0.25) is 4.79 Å². The van der Waals surface area contributed by atoms with Gasteiger partial charge in [0.2, 0.25) is 0 Å². The number of carbonyl (C=O) groups is 1. The van der Waals surface area contributed by atoms with Gasteiger partial charge in [0.15, 0.2) is 6.23 Å². The van der Waals surface area contributed by atoms with Crippen LogP contribution < -0.4 is 5.32 Å². The average Bonchev–Trinajstić information content (AvgIpc) is 3.18. The van der Waals surface area contributed by atoms with Crippen LogP contribution in [0.5, 0.6) is 0 Å². The van der Waals surface area contributed by atoms with Crippen LogP contribution in [0.1, 0.15) is 27.8 Å².